The van der Waals surface area contributed by atoms with E-state index in [1.54, 1.807) is 25.1 Å². The van der Waals surface area contributed by atoms with Gasteiger partial charge in [-0.1, -0.05) is 29.8 Å². The lowest BCUT2D eigenvalue weighted by Gasteiger charge is -2.23. The third-order valence-corrected chi connectivity index (χ3v) is 3.12. The average molecular weight is 298 g/mol. The number of ether oxygens (including phenoxy) is 1. The van der Waals surface area contributed by atoms with Crippen LogP contribution in [0.15, 0.2) is 42.5 Å². The molecule has 0 saturated carbocycles. The van der Waals surface area contributed by atoms with Crippen molar-refractivity contribution in [3.63, 3.8) is 0 Å². The minimum Gasteiger partial charge on any atom is -0.481 e. The zero-order valence-corrected chi connectivity index (χ0v) is 11.6. The smallest absolute Gasteiger partial charge is 0.183 e. The molecule has 20 heavy (non-hydrogen) atoms. The maximum Gasteiger partial charge on any atom is 0.183 e. The fourth-order valence-electron chi connectivity index (χ4n) is 1.87. The summed E-state index contributed by atoms with van der Waals surface area (Å²) in [7, 11) is 0. The SMILES string of the molecule is CC(N)C(Oc1cccc(Cl)c1F)c1cccc(F)c1. The van der Waals surface area contributed by atoms with Gasteiger partial charge in [-0.15, -0.1) is 0 Å². The van der Waals surface area contributed by atoms with Gasteiger partial charge < -0.3 is 10.5 Å². The predicted octanol–water partition coefficient (Wildman–Crippen LogP) is 4.09. The highest BCUT2D eigenvalue weighted by Gasteiger charge is 2.21. The molecule has 0 spiro atoms. The summed E-state index contributed by atoms with van der Waals surface area (Å²) < 4.78 is 32.7. The van der Waals surface area contributed by atoms with E-state index in [0.717, 1.165) is 0 Å². The van der Waals surface area contributed by atoms with Crippen molar-refractivity contribution < 1.29 is 13.5 Å². The summed E-state index contributed by atoms with van der Waals surface area (Å²) in [4.78, 5) is 0. The van der Waals surface area contributed by atoms with Crippen LogP contribution >= 0.6 is 11.6 Å². The van der Waals surface area contributed by atoms with E-state index in [-0.39, 0.29) is 10.8 Å². The van der Waals surface area contributed by atoms with Crippen LogP contribution in [0.3, 0.4) is 0 Å². The molecular weight excluding hydrogens is 284 g/mol. The normalized spacial score (nSPS) is 13.8. The van der Waals surface area contributed by atoms with Gasteiger partial charge in [0.25, 0.3) is 0 Å². The number of nitrogens with two attached hydrogens (primary N) is 1. The molecule has 0 bridgehead atoms. The van der Waals surface area contributed by atoms with E-state index < -0.39 is 23.8 Å². The standard InChI is InChI=1S/C15H14ClF2NO/c1-9(19)15(10-4-2-5-11(17)8-10)20-13-7-3-6-12(16)14(13)18/h2-9,15H,19H2,1H3. The Balaban J connectivity index is 2.33. The monoisotopic (exact) mass is 297 g/mol. The summed E-state index contributed by atoms with van der Waals surface area (Å²) in [5.74, 6) is -1.07. The van der Waals surface area contributed by atoms with Crippen molar-refractivity contribution in [1.29, 1.82) is 0 Å². The molecule has 0 amide bonds. The molecule has 5 heteroatoms. The van der Waals surface area contributed by atoms with Gasteiger partial charge in [0, 0.05) is 6.04 Å². The summed E-state index contributed by atoms with van der Waals surface area (Å²) in [5, 5.41) is -0.0369. The predicted molar refractivity (Wildman–Crippen MR) is 74.8 cm³/mol. The fraction of sp³-hybridized carbons (Fsp3) is 0.200. The van der Waals surface area contributed by atoms with E-state index in [2.05, 4.69) is 0 Å². The molecule has 2 nitrogen and oxygen atoms in total. The molecule has 0 aromatic heterocycles. The highest BCUT2D eigenvalue weighted by Crippen LogP contribution is 2.30. The van der Waals surface area contributed by atoms with Crippen molar-refractivity contribution in [3.05, 3.63) is 64.7 Å². The first-order valence-electron chi connectivity index (χ1n) is 6.10. The van der Waals surface area contributed by atoms with Crippen molar-refractivity contribution in [2.75, 3.05) is 0 Å². The Morgan fingerprint density at radius 2 is 1.85 bits per heavy atom. The van der Waals surface area contributed by atoms with Gasteiger partial charge in [0.1, 0.15) is 11.9 Å². The minimum atomic E-state index is -0.668. The summed E-state index contributed by atoms with van der Waals surface area (Å²) >= 11 is 5.70. The number of rotatable bonds is 4. The summed E-state index contributed by atoms with van der Waals surface area (Å²) in [6, 6.07) is 9.87. The van der Waals surface area contributed by atoms with Gasteiger partial charge in [0.15, 0.2) is 11.6 Å². The van der Waals surface area contributed by atoms with Crippen molar-refractivity contribution in [2.45, 2.75) is 19.1 Å². The topological polar surface area (TPSA) is 35.2 Å². The molecule has 2 N–H and O–H groups in total. The van der Waals surface area contributed by atoms with Crippen LogP contribution in [0, 0.1) is 11.6 Å². The first-order chi connectivity index (χ1) is 9.49. The first-order valence-corrected chi connectivity index (χ1v) is 6.48. The number of hydrogen-bond donors (Lipinski definition) is 1. The molecule has 2 aromatic rings. The van der Waals surface area contributed by atoms with Gasteiger partial charge in [-0.05, 0) is 36.8 Å². The van der Waals surface area contributed by atoms with E-state index in [0.29, 0.717) is 5.56 Å². The molecule has 2 atom stereocenters. The van der Waals surface area contributed by atoms with Crippen molar-refractivity contribution in [2.24, 2.45) is 5.73 Å². The number of hydrogen-bond acceptors (Lipinski definition) is 2. The van der Waals surface area contributed by atoms with Crippen molar-refractivity contribution >= 4 is 11.6 Å². The van der Waals surface area contributed by atoms with Gasteiger partial charge >= 0.3 is 0 Å². The van der Waals surface area contributed by atoms with Gasteiger partial charge in [0.05, 0.1) is 5.02 Å². The second kappa shape index (κ2) is 6.20. The molecule has 0 radical (unpaired) electrons. The van der Waals surface area contributed by atoms with E-state index in [1.807, 2.05) is 0 Å². The zero-order valence-electron chi connectivity index (χ0n) is 10.8. The maximum absolute atomic E-state index is 13.8. The second-order valence-electron chi connectivity index (χ2n) is 4.50. The van der Waals surface area contributed by atoms with E-state index in [4.69, 9.17) is 22.1 Å². The van der Waals surface area contributed by atoms with Gasteiger partial charge in [-0.25, -0.2) is 8.78 Å². The van der Waals surface area contributed by atoms with Crippen LogP contribution in [-0.2, 0) is 0 Å². The van der Waals surface area contributed by atoms with Crippen LogP contribution in [0.4, 0.5) is 8.78 Å². The molecule has 0 aliphatic rings. The molecule has 106 valence electrons. The van der Waals surface area contributed by atoms with Gasteiger partial charge in [0.2, 0.25) is 0 Å². The zero-order chi connectivity index (χ0) is 14.7. The highest BCUT2D eigenvalue weighted by molar-refractivity contribution is 6.30. The Morgan fingerprint density at radius 1 is 1.15 bits per heavy atom. The van der Waals surface area contributed by atoms with Crippen LogP contribution in [-0.4, -0.2) is 6.04 Å². The number of benzene rings is 2. The summed E-state index contributed by atoms with van der Waals surface area (Å²) in [6.07, 6.45) is -0.668. The molecule has 0 aliphatic heterocycles. The first kappa shape index (κ1) is 14.8. The van der Waals surface area contributed by atoms with E-state index in [1.165, 1.54) is 24.3 Å². The second-order valence-corrected chi connectivity index (χ2v) is 4.91. The van der Waals surface area contributed by atoms with Crippen LogP contribution in [0.25, 0.3) is 0 Å². The summed E-state index contributed by atoms with van der Waals surface area (Å²) in [6.45, 7) is 1.71. The molecule has 0 fully saturated rings. The van der Waals surface area contributed by atoms with Crippen LogP contribution in [0.5, 0.6) is 5.75 Å². The Labute approximate surface area is 121 Å². The lowest BCUT2D eigenvalue weighted by molar-refractivity contribution is 0.172. The van der Waals surface area contributed by atoms with Crippen LogP contribution in [0.1, 0.15) is 18.6 Å². The van der Waals surface area contributed by atoms with E-state index in [9.17, 15) is 8.78 Å². The molecular formula is C15H14ClF2NO. The average Bonchev–Trinajstić information content (AvgIpc) is 2.40. The Kier molecular flexibility index (Phi) is 4.57. The van der Waals surface area contributed by atoms with E-state index >= 15 is 0 Å². The third kappa shape index (κ3) is 3.26. The Bertz CT molecular complexity index is 604. The van der Waals surface area contributed by atoms with Crippen LogP contribution < -0.4 is 10.5 Å². The lowest BCUT2D eigenvalue weighted by Crippen LogP contribution is -2.29. The number of halogens is 3. The van der Waals surface area contributed by atoms with Crippen LogP contribution in [0.2, 0.25) is 5.02 Å². The van der Waals surface area contributed by atoms with Crippen molar-refractivity contribution in [3.8, 4) is 5.75 Å². The molecule has 2 aromatic carbocycles. The van der Waals surface area contributed by atoms with Crippen molar-refractivity contribution in [1.82, 2.24) is 0 Å². The molecule has 0 heterocycles. The highest BCUT2D eigenvalue weighted by atomic mass is 35.5. The summed E-state index contributed by atoms with van der Waals surface area (Å²) in [5.41, 5.74) is 6.39. The molecule has 2 unspecified atom stereocenters. The maximum atomic E-state index is 13.8. The quantitative estimate of drug-likeness (QED) is 0.922. The fourth-order valence-corrected chi connectivity index (χ4v) is 2.04. The largest absolute Gasteiger partial charge is 0.481 e. The molecule has 2 rings (SSSR count). The molecule has 0 saturated heterocycles. The Morgan fingerprint density at radius 3 is 2.50 bits per heavy atom. The van der Waals surface area contributed by atoms with Gasteiger partial charge in [-0.2, -0.15) is 0 Å². The molecule has 0 aliphatic carbocycles. The van der Waals surface area contributed by atoms with Gasteiger partial charge in [-0.3, -0.25) is 0 Å². The minimum absolute atomic E-state index is 0.0101. The third-order valence-electron chi connectivity index (χ3n) is 2.82. The lowest BCUT2D eigenvalue weighted by atomic mass is 10.0. The Hall–Kier alpha value is -1.65.